The largest absolute Gasteiger partial charge is 0.481 e. The van der Waals surface area contributed by atoms with Gasteiger partial charge in [0.05, 0.1) is 25.0 Å². The van der Waals surface area contributed by atoms with Crippen molar-refractivity contribution in [2.75, 3.05) is 0 Å². The number of hydrogen-bond acceptors (Lipinski definition) is 7. The van der Waals surface area contributed by atoms with E-state index in [0.29, 0.717) is 0 Å². The summed E-state index contributed by atoms with van der Waals surface area (Å²) in [6.07, 6.45) is -2.67. The maximum absolute atomic E-state index is 12.2. The summed E-state index contributed by atoms with van der Waals surface area (Å²) in [5, 5.41) is 8.99. The van der Waals surface area contributed by atoms with Gasteiger partial charge in [-0.05, 0) is 27.7 Å². The summed E-state index contributed by atoms with van der Waals surface area (Å²) in [4.78, 5) is 46.3. The lowest BCUT2D eigenvalue weighted by molar-refractivity contribution is -0.192. The van der Waals surface area contributed by atoms with Gasteiger partial charge in [0.15, 0.2) is 0 Å². The SMILES string of the molecule is CC(=O)OC(CC(=O)O)(CC(=O)OC(C)C)C(=O)OC(C)C. The number of aliphatic carboxylic acids is 1. The van der Waals surface area contributed by atoms with Crippen molar-refractivity contribution in [3.8, 4) is 0 Å². The maximum Gasteiger partial charge on any atom is 0.352 e. The molecule has 8 heteroatoms. The minimum absolute atomic E-state index is 0.464. The average Bonchev–Trinajstić information content (AvgIpc) is 2.23. The number of hydrogen-bond donors (Lipinski definition) is 1. The molecule has 1 N–H and O–H groups in total. The van der Waals surface area contributed by atoms with Gasteiger partial charge in [-0.25, -0.2) is 4.79 Å². The Kier molecular flexibility index (Phi) is 7.55. The smallest absolute Gasteiger partial charge is 0.352 e. The third-order valence-corrected chi connectivity index (χ3v) is 2.29. The van der Waals surface area contributed by atoms with Crippen LogP contribution < -0.4 is 0 Å². The predicted octanol–water partition coefficient (Wildman–Crippen LogP) is 1.06. The normalized spacial score (nSPS) is 13.4. The minimum Gasteiger partial charge on any atom is -0.481 e. The van der Waals surface area contributed by atoms with Crippen LogP contribution in [0.25, 0.3) is 0 Å². The van der Waals surface area contributed by atoms with Crippen molar-refractivity contribution < 1.29 is 38.5 Å². The third kappa shape index (κ3) is 7.05. The van der Waals surface area contributed by atoms with E-state index in [0.717, 1.165) is 6.92 Å². The molecule has 0 saturated heterocycles. The molecule has 0 radical (unpaired) electrons. The molecule has 0 bridgehead atoms. The van der Waals surface area contributed by atoms with Crippen molar-refractivity contribution in [3.63, 3.8) is 0 Å². The van der Waals surface area contributed by atoms with E-state index < -0.39 is 54.5 Å². The lowest BCUT2D eigenvalue weighted by Gasteiger charge is -2.29. The van der Waals surface area contributed by atoms with E-state index in [-0.39, 0.29) is 0 Å². The fourth-order valence-corrected chi connectivity index (χ4v) is 1.70. The lowest BCUT2D eigenvalue weighted by atomic mass is 9.95. The molecule has 0 saturated carbocycles. The number of carbonyl (C=O) groups is 4. The number of carbonyl (C=O) groups excluding carboxylic acids is 3. The first-order valence-corrected chi connectivity index (χ1v) is 6.80. The van der Waals surface area contributed by atoms with E-state index in [1.165, 1.54) is 0 Å². The van der Waals surface area contributed by atoms with Gasteiger partial charge in [-0.2, -0.15) is 0 Å². The summed E-state index contributed by atoms with van der Waals surface area (Å²) in [6, 6.07) is 0. The summed E-state index contributed by atoms with van der Waals surface area (Å²) in [6.45, 7) is 7.28. The molecule has 0 aromatic carbocycles. The van der Waals surface area contributed by atoms with Crippen molar-refractivity contribution in [1.29, 1.82) is 0 Å². The number of carboxylic acid groups (broad SMARTS) is 1. The fourth-order valence-electron chi connectivity index (χ4n) is 1.70. The first-order chi connectivity index (χ1) is 9.98. The van der Waals surface area contributed by atoms with Crippen LogP contribution in [-0.2, 0) is 33.4 Å². The van der Waals surface area contributed by atoms with Gasteiger partial charge in [0.1, 0.15) is 0 Å². The average molecular weight is 318 g/mol. The van der Waals surface area contributed by atoms with E-state index in [2.05, 4.69) is 0 Å². The van der Waals surface area contributed by atoms with Crippen LogP contribution >= 0.6 is 0 Å². The summed E-state index contributed by atoms with van der Waals surface area (Å²) in [7, 11) is 0. The van der Waals surface area contributed by atoms with Gasteiger partial charge in [0.25, 0.3) is 0 Å². The van der Waals surface area contributed by atoms with Crippen LogP contribution in [-0.4, -0.2) is 46.8 Å². The van der Waals surface area contributed by atoms with E-state index in [9.17, 15) is 19.2 Å². The minimum atomic E-state index is -2.24. The Balaban J connectivity index is 5.53. The van der Waals surface area contributed by atoms with Gasteiger partial charge in [-0.15, -0.1) is 0 Å². The Morgan fingerprint density at radius 1 is 0.955 bits per heavy atom. The zero-order chi connectivity index (χ0) is 17.5. The molecular weight excluding hydrogens is 296 g/mol. The Labute approximate surface area is 128 Å². The highest BCUT2D eigenvalue weighted by Crippen LogP contribution is 2.25. The fraction of sp³-hybridized carbons (Fsp3) is 0.714. The second-order valence-corrected chi connectivity index (χ2v) is 5.33. The molecule has 0 aliphatic heterocycles. The van der Waals surface area contributed by atoms with Gasteiger partial charge in [-0.1, -0.05) is 0 Å². The van der Waals surface area contributed by atoms with Gasteiger partial charge in [0, 0.05) is 6.92 Å². The molecule has 1 unspecified atom stereocenters. The molecule has 0 aromatic heterocycles. The summed E-state index contributed by atoms with van der Waals surface area (Å²) in [5.41, 5.74) is -2.24. The molecule has 0 aromatic rings. The molecule has 0 spiro atoms. The number of esters is 3. The third-order valence-electron chi connectivity index (χ3n) is 2.29. The molecule has 0 rings (SSSR count). The molecule has 8 nitrogen and oxygen atoms in total. The highest BCUT2D eigenvalue weighted by atomic mass is 16.6. The van der Waals surface area contributed by atoms with Crippen molar-refractivity contribution in [1.82, 2.24) is 0 Å². The van der Waals surface area contributed by atoms with E-state index in [1.54, 1.807) is 27.7 Å². The zero-order valence-corrected chi connectivity index (χ0v) is 13.4. The lowest BCUT2D eigenvalue weighted by Crippen LogP contribution is -2.48. The van der Waals surface area contributed by atoms with Crippen LogP contribution in [0.4, 0.5) is 0 Å². The van der Waals surface area contributed by atoms with Gasteiger partial charge in [-0.3, -0.25) is 14.4 Å². The number of carboxylic acids is 1. The van der Waals surface area contributed by atoms with Crippen LogP contribution in [0.1, 0.15) is 47.5 Å². The van der Waals surface area contributed by atoms with Crippen LogP contribution in [0.2, 0.25) is 0 Å². The first kappa shape index (κ1) is 19.9. The monoisotopic (exact) mass is 318 g/mol. The first-order valence-electron chi connectivity index (χ1n) is 6.80. The van der Waals surface area contributed by atoms with Crippen LogP contribution in [0.15, 0.2) is 0 Å². The zero-order valence-electron chi connectivity index (χ0n) is 13.4. The molecule has 0 aliphatic rings. The summed E-state index contributed by atoms with van der Waals surface area (Å²) >= 11 is 0. The Morgan fingerprint density at radius 2 is 1.45 bits per heavy atom. The Hall–Kier alpha value is -2.12. The molecule has 0 heterocycles. The topological polar surface area (TPSA) is 116 Å². The molecule has 126 valence electrons. The summed E-state index contributed by atoms with van der Waals surface area (Å²) in [5.74, 6) is -4.28. The highest BCUT2D eigenvalue weighted by Gasteiger charge is 2.48. The van der Waals surface area contributed by atoms with E-state index >= 15 is 0 Å². The van der Waals surface area contributed by atoms with Crippen molar-refractivity contribution in [2.24, 2.45) is 0 Å². The second-order valence-electron chi connectivity index (χ2n) is 5.33. The van der Waals surface area contributed by atoms with Crippen LogP contribution in [0.3, 0.4) is 0 Å². The molecular formula is C14H22O8. The summed E-state index contributed by atoms with van der Waals surface area (Å²) < 4.78 is 14.7. The van der Waals surface area contributed by atoms with Crippen molar-refractivity contribution >= 4 is 23.9 Å². The molecule has 0 amide bonds. The van der Waals surface area contributed by atoms with Crippen molar-refractivity contribution in [3.05, 3.63) is 0 Å². The van der Waals surface area contributed by atoms with Gasteiger partial charge >= 0.3 is 23.9 Å². The highest BCUT2D eigenvalue weighted by molar-refractivity contribution is 5.92. The van der Waals surface area contributed by atoms with Crippen LogP contribution in [0, 0.1) is 0 Å². The van der Waals surface area contributed by atoms with Crippen LogP contribution in [0.5, 0.6) is 0 Å². The number of ether oxygens (including phenoxy) is 3. The standard InChI is InChI=1S/C14H22O8/c1-8(2)20-12(18)7-14(6-11(16)17,22-10(5)15)13(19)21-9(3)4/h8-9H,6-7H2,1-5H3,(H,16,17). The van der Waals surface area contributed by atoms with Crippen molar-refractivity contribution in [2.45, 2.75) is 65.3 Å². The van der Waals surface area contributed by atoms with E-state index in [1.807, 2.05) is 0 Å². The van der Waals surface area contributed by atoms with Gasteiger partial charge in [0.2, 0.25) is 5.60 Å². The van der Waals surface area contributed by atoms with E-state index in [4.69, 9.17) is 19.3 Å². The Bertz CT molecular complexity index is 422. The molecule has 22 heavy (non-hydrogen) atoms. The quantitative estimate of drug-likeness (QED) is 0.521. The maximum atomic E-state index is 12.2. The molecule has 1 atom stereocenters. The van der Waals surface area contributed by atoms with Gasteiger partial charge < -0.3 is 19.3 Å². The molecule has 0 fully saturated rings. The number of rotatable bonds is 8. The second kappa shape index (κ2) is 8.35. The Morgan fingerprint density at radius 3 is 1.82 bits per heavy atom. The predicted molar refractivity (Wildman–Crippen MR) is 73.8 cm³/mol. The molecule has 0 aliphatic carbocycles.